The molecule has 0 aliphatic heterocycles. The highest BCUT2D eigenvalue weighted by Crippen LogP contribution is 2.24. The maximum atomic E-state index is 4.70. The van der Waals surface area contributed by atoms with E-state index in [0.717, 1.165) is 6.54 Å². The molecule has 0 aliphatic carbocycles. The zero-order chi connectivity index (χ0) is 13.1. The molecular formula is C14H26N2S. The predicted molar refractivity (Wildman–Crippen MR) is 76.6 cm³/mol. The maximum absolute atomic E-state index is 4.70. The summed E-state index contributed by atoms with van der Waals surface area (Å²) in [6.45, 7) is 14.3. The minimum absolute atomic E-state index is 0.160. The van der Waals surface area contributed by atoms with Crippen LogP contribution in [0, 0.1) is 0 Å². The lowest BCUT2D eigenvalue weighted by molar-refractivity contribution is 0.356. The van der Waals surface area contributed by atoms with Gasteiger partial charge in [0, 0.05) is 22.9 Å². The average molecular weight is 254 g/mol. The lowest BCUT2D eigenvalue weighted by Gasteiger charge is -2.25. The van der Waals surface area contributed by atoms with Gasteiger partial charge in [-0.15, -0.1) is 11.3 Å². The topological polar surface area (TPSA) is 24.9 Å². The Bertz CT molecular complexity index is 347. The van der Waals surface area contributed by atoms with Crippen molar-refractivity contribution in [3.05, 3.63) is 16.1 Å². The summed E-state index contributed by atoms with van der Waals surface area (Å²) >= 11 is 1.76. The number of hydrogen-bond acceptors (Lipinski definition) is 3. The summed E-state index contributed by atoms with van der Waals surface area (Å²) in [7, 11) is 0. The van der Waals surface area contributed by atoms with E-state index in [1.54, 1.807) is 11.3 Å². The highest BCUT2D eigenvalue weighted by atomic mass is 32.1. The molecule has 0 aromatic carbocycles. The van der Waals surface area contributed by atoms with Crippen LogP contribution in [0.1, 0.15) is 65.1 Å². The van der Waals surface area contributed by atoms with Crippen molar-refractivity contribution in [1.29, 1.82) is 0 Å². The molecule has 0 unspecified atom stereocenters. The van der Waals surface area contributed by atoms with Crippen LogP contribution < -0.4 is 5.32 Å². The van der Waals surface area contributed by atoms with E-state index in [9.17, 15) is 0 Å². The molecule has 1 aromatic heterocycles. The van der Waals surface area contributed by atoms with E-state index < -0.39 is 0 Å². The Labute approximate surface area is 110 Å². The lowest BCUT2D eigenvalue weighted by atomic mass is 9.93. The van der Waals surface area contributed by atoms with Gasteiger partial charge in [-0.25, -0.2) is 4.98 Å². The Morgan fingerprint density at radius 2 is 1.88 bits per heavy atom. The van der Waals surface area contributed by atoms with Crippen molar-refractivity contribution in [2.45, 2.75) is 71.9 Å². The van der Waals surface area contributed by atoms with E-state index in [1.165, 1.54) is 23.5 Å². The molecule has 0 saturated heterocycles. The predicted octanol–water partition coefficient (Wildman–Crippen LogP) is 4.11. The molecular weight excluding hydrogens is 228 g/mol. The summed E-state index contributed by atoms with van der Waals surface area (Å²) in [5, 5.41) is 6.97. The van der Waals surface area contributed by atoms with Gasteiger partial charge in [0.2, 0.25) is 0 Å². The maximum Gasteiger partial charge on any atom is 0.107 e. The van der Waals surface area contributed by atoms with Crippen LogP contribution in [-0.2, 0) is 12.0 Å². The van der Waals surface area contributed by atoms with Crippen LogP contribution in [0.5, 0.6) is 0 Å². The van der Waals surface area contributed by atoms with Crippen LogP contribution in [0.15, 0.2) is 5.38 Å². The zero-order valence-corrected chi connectivity index (χ0v) is 12.9. The molecule has 1 rings (SSSR count). The highest BCUT2D eigenvalue weighted by Gasteiger charge is 2.19. The van der Waals surface area contributed by atoms with Crippen LogP contribution in [0.3, 0.4) is 0 Å². The Hall–Kier alpha value is -0.410. The molecule has 2 nitrogen and oxygen atoms in total. The number of thiazole rings is 1. The standard InChI is InChI=1S/C14H26N2S/c1-7-8-14(5,6)15-9-12-16-11(10-17-12)13(2,3)4/h10,15H,7-9H2,1-6H3. The van der Waals surface area contributed by atoms with Crippen LogP contribution in [0.2, 0.25) is 0 Å². The second-order valence-electron chi connectivity index (χ2n) is 6.36. The normalized spacial score (nSPS) is 13.1. The van der Waals surface area contributed by atoms with Gasteiger partial charge in [0.05, 0.1) is 5.69 Å². The fourth-order valence-corrected chi connectivity index (χ4v) is 2.73. The van der Waals surface area contributed by atoms with Crippen molar-refractivity contribution in [3.8, 4) is 0 Å². The molecule has 0 radical (unpaired) electrons. The van der Waals surface area contributed by atoms with Crippen LogP contribution in [-0.4, -0.2) is 10.5 Å². The summed E-state index contributed by atoms with van der Waals surface area (Å²) in [6, 6.07) is 0. The van der Waals surface area contributed by atoms with Gasteiger partial charge in [0.1, 0.15) is 5.01 Å². The third-order valence-corrected chi connectivity index (χ3v) is 3.76. The quantitative estimate of drug-likeness (QED) is 0.855. The molecule has 0 atom stereocenters. The lowest BCUT2D eigenvalue weighted by Crippen LogP contribution is -2.38. The smallest absolute Gasteiger partial charge is 0.107 e. The first kappa shape index (κ1) is 14.7. The van der Waals surface area contributed by atoms with Gasteiger partial charge in [-0.3, -0.25) is 0 Å². The number of aromatic nitrogens is 1. The Kier molecular flexibility index (Phi) is 4.73. The van der Waals surface area contributed by atoms with E-state index in [0.29, 0.717) is 0 Å². The average Bonchev–Trinajstić information content (AvgIpc) is 2.62. The van der Waals surface area contributed by atoms with E-state index in [-0.39, 0.29) is 11.0 Å². The van der Waals surface area contributed by atoms with Crippen LogP contribution >= 0.6 is 11.3 Å². The van der Waals surface area contributed by atoms with Gasteiger partial charge in [0.25, 0.3) is 0 Å². The van der Waals surface area contributed by atoms with Gasteiger partial charge >= 0.3 is 0 Å². The number of nitrogens with zero attached hydrogens (tertiary/aromatic N) is 1. The second kappa shape index (κ2) is 5.49. The van der Waals surface area contributed by atoms with E-state index in [1.807, 2.05) is 0 Å². The summed E-state index contributed by atoms with van der Waals surface area (Å²) in [5.41, 5.74) is 1.57. The number of nitrogens with one attached hydrogen (secondary N) is 1. The largest absolute Gasteiger partial charge is 0.305 e. The van der Waals surface area contributed by atoms with Crippen LogP contribution in [0.4, 0.5) is 0 Å². The van der Waals surface area contributed by atoms with E-state index >= 15 is 0 Å². The minimum Gasteiger partial charge on any atom is -0.305 e. The van der Waals surface area contributed by atoms with E-state index in [4.69, 9.17) is 4.98 Å². The van der Waals surface area contributed by atoms with Gasteiger partial charge in [-0.05, 0) is 20.3 Å². The third-order valence-electron chi connectivity index (χ3n) is 2.91. The summed E-state index contributed by atoms with van der Waals surface area (Å²) in [4.78, 5) is 4.70. The third kappa shape index (κ3) is 4.76. The Morgan fingerprint density at radius 3 is 2.35 bits per heavy atom. The van der Waals surface area contributed by atoms with Crippen molar-refractivity contribution >= 4 is 11.3 Å². The number of hydrogen-bond donors (Lipinski definition) is 1. The monoisotopic (exact) mass is 254 g/mol. The molecule has 0 saturated carbocycles. The molecule has 0 fully saturated rings. The Balaban J connectivity index is 2.56. The van der Waals surface area contributed by atoms with Crippen molar-refractivity contribution in [2.75, 3.05) is 0 Å². The molecule has 1 heterocycles. The first-order valence-corrected chi connectivity index (χ1v) is 7.32. The Morgan fingerprint density at radius 1 is 1.24 bits per heavy atom. The van der Waals surface area contributed by atoms with Crippen molar-refractivity contribution in [3.63, 3.8) is 0 Å². The van der Waals surface area contributed by atoms with Gasteiger partial charge < -0.3 is 5.32 Å². The fourth-order valence-electron chi connectivity index (χ4n) is 1.76. The molecule has 3 heteroatoms. The molecule has 0 bridgehead atoms. The fraction of sp³-hybridized carbons (Fsp3) is 0.786. The van der Waals surface area contributed by atoms with Crippen molar-refractivity contribution < 1.29 is 0 Å². The SMILES string of the molecule is CCCC(C)(C)NCc1nc(C(C)(C)C)cs1. The van der Waals surface area contributed by atoms with Crippen molar-refractivity contribution in [2.24, 2.45) is 0 Å². The molecule has 0 amide bonds. The number of rotatable bonds is 5. The molecule has 98 valence electrons. The molecule has 1 N–H and O–H groups in total. The first-order valence-electron chi connectivity index (χ1n) is 6.44. The van der Waals surface area contributed by atoms with Gasteiger partial charge in [-0.1, -0.05) is 34.1 Å². The zero-order valence-electron chi connectivity index (χ0n) is 12.1. The summed E-state index contributed by atoms with van der Waals surface area (Å²) in [6.07, 6.45) is 2.41. The van der Waals surface area contributed by atoms with Crippen molar-refractivity contribution in [1.82, 2.24) is 10.3 Å². The van der Waals surface area contributed by atoms with E-state index in [2.05, 4.69) is 52.2 Å². The van der Waals surface area contributed by atoms with Crippen LogP contribution in [0.25, 0.3) is 0 Å². The first-order chi connectivity index (χ1) is 7.74. The van der Waals surface area contributed by atoms with Gasteiger partial charge in [0.15, 0.2) is 0 Å². The minimum atomic E-state index is 0.160. The highest BCUT2D eigenvalue weighted by molar-refractivity contribution is 7.09. The molecule has 0 spiro atoms. The molecule has 0 aliphatic rings. The second-order valence-corrected chi connectivity index (χ2v) is 7.31. The molecule has 1 aromatic rings. The summed E-state index contributed by atoms with van der Waals surface area (Å²) in [5.74, 6) is 0. The molecule has 17 heavy (non-hydrogen) atoms. The summed E-state index contributed by atoms with van der Waals surface area (Å²) < 4.78 is 0. The van der Waals surface area contributed by atoms with Gasteiger partial charge in [-0.2, -0.15) is 0 Å².